The van der Waals surface area contributed by atoms with Crippen LogP contribution in [0, 0.1) is 11.9 Å². The van der Waals surface area contributed by atoms with E-state index in [1.54, 1.807) is 64.1 Å². The molecule has 7 nitrogen and oxygen atoms in total. The summed E-state index contributed by atoms with van der Waals surface area (Å²) < 4.78 is 26.7. The molecule has 0 N–H and O–H groups in total. The maximum Gasteiger partial charge on any atom is 0.425 e. The van der Waals surface area contributed by atoms with Crippen LogP contribution in [0.1, 0.15) is 50.0 Å². The van der Waals surface area contributed by atoms with Crippen molar-refractivity contribution in [2.45, 2.75) is 51.4 Å². The van der Waals surface area contributed by atoms with E-state index in [2.05, 4.69) is 25.9 Å². The summed E-state index contributed by atoms with van der Waals surface area (Å²) in [5.41, 5.74) is -1.40. The lowest BCUT2D eigenvalue weighted by Gasteiger charge is -2.34. The first-order valence-corrected chi connectivity index (χ1v) is 11.0. The average Bonchev–Trinajstić information content (AvgIpc) is 3.50. The van der Waals surface area contributed by atoms with Crippen LogP contribution in [0.15, 0.2) is 52.1 Å². The minimum atomic E-state index is -1.07. The van der Waals surface area contributed by atoms with Crippen LogP contribution in [0.4, 0.5) is 9.18 Å². The summed E-state index contributed by atoms with van der Waals surface area (Å²) >= 11 is 3.33. The standard InChI is InChI=1S/C23H23BrFN3O4/c1-22(2,3)32-21(30)28(19(29)13-8-6-5-7-9-13)20-27-23(4,15-11-17(15)31-20)16-10-14(24)12-26-18(16)25/h5-10,12,15,17H,11H2,1-4H3/t15-,17+,23-/m1/s1. The Labute approximate surface area is 193 Å². The van der Waals surface area contributed by atoms with E-state index in [0.717, 1.165) is 4.90 Å². The Kier molecular flexibility index (Phi) is 5.56. The number of hydrogen-bond donors (Lipinski definition) is 0. The zero-order valence-electron chi connectivity index (χ0n) is 18.1. The lowest BCUT2D eigenvalue weighted by molar-refractivity contribution is 0.0288. The van der Waals surface area contributed by atoms with Crippen molar-refractivity contribution in [2.75, 3.05) is 0 Å². The highest BCUT2D eigenvalue weighted by Gasteiger charge is 2.59. The molecule has 32 heavy (non-hydrogen) atoms. The summed E-state index contributed by atoms with van der Waals surface area (Å²) in [6, 6.07) is 9.70. The fourth-order valence-electron chi connectivity index (χ4n) is 3.74. The number of fused-ring (bicyclic) bond motifs is 1. The molecule has 3 atom stereocenters. The van der Waals surface area contributed by atoms with Gasteiger partial charge in [-0.05, 0) is 68.2 Å². The van der Waals surface area contributed by atoms with Gasteiger partial charge >= 0.3 is 12.1 Å². The summed E-state index contributed by atoms with van der Waals surface area (Å²) in [6.07, 6.45) is 0.748. The van der Waals surface area contributed by atoms with Crippen LogP contribution in [0.2, 0.25) is 0 Å². The molecule has 0 spiro atoms. The van der Waals surface area contributed by atoms with Gasteiger partial charge in [0.2, 0.25) is 5.95 Å². The molecule has 1 aromatic heterocycles. The third-order valence-electron chi connectivity index (χ3n) is 5.38. The molecule has 2 aliphatic rings. The van der Waals surface area contributed by atoms with E-state index in [4.69, 9.17) is 9.47 Å². The van der Waals surface area contributed by atoms with E-state index >= 15 is 0 Å². The number of hydrogen-bond acceptors (Lipinski definition) is 6. The highest BCUT2D eigenvalue weighted by molar-refractivity contribution is 9.10. The second-order valence-electron chi connectivity index (χ2n) is 9.02. The van der Waals surface area contributed by atoms with Gasteiger partial charge in [-0.25, -0.2) is 14.8 Å². The number of carbonyl (C=O) groups is 2. The quantitative estimate of drug-likeness (QED) is 0.535. The molecule has 2 heterocycles. The van der Waals surface area contributed by atoms with Gasteiger partial charge in [0, 0.05) is 27.7 Å². The Morgan fingerprint density at radius 2 is 1.97 bits per heavy atom. The molecule has 4 rings (SSSR count). The molecule has 0 unspecified atom stereocenters. The molecule has 168 valence electrons. The SMILES string of the molecule is CC(C)(C)OC(=O)N(C(=O)c1ccccc1)C1=N[C@@](C)(c2cc(Br)cnc2F)[C@@H]2C[C@@H]2O1. The normalized spacial score (nSPS) is 24.0. The first-order chi connectivity index (χ1) is 15.0. The number of rotatable bonds is 2. The van der Waals surface area contributed by atoms with Gasteiger partial charge in [0.1, 0.15) is 11.7 Å². The second kappa shape index (κ2) is 7.95. The van der Waals surface area contributed by atoms with Gasteiger partial charge < -0.3 is 9.47 Å². The summed E-state index contributed by atoms with van der Waals surface area (Å²) in [7, 11) is 0. The summed E-state index contributed by atoms with van der Waals surface area (Å²) in [4.78, 5) is 35.6. The fraction of sp³-hybridized carbons (Fsp3) is 0.391. The highest BCUT2D eigenvalue weighted by Crippen LogP contribution is 2.53. The Morgan fingerprint density at radius 1 is 1.28 bits per heavy atom. The molecule has 0 bridgehead atoms. The number of halogens is 2. The summed E-state index contributed by atoms with van der Waals surface area (Å²) in [5.74, 6) is -1.42. The van der Waals surface area contributed by atoms with E-state index in [-0.39, 0.29) is 29.2 Å². The molecule has 2 amide bonds. The molecule has 1 saturated carbocycles. The van der Waals surface area contributed by atoms with Gasteiger partial charge in [0.15, 0.2) is 0 Å². The third kappa shape index (κ3) is 4.26. The summed E-state index contributed by atoms with van der Waals surface area (Å²) in [5, 5.41) is 0. The molecule has 1 aromatic carbocycles. The molecule has 1 aliphatic heterocycles. The van der Waals surface area contributed by atoms with Crippen LogP contribution in [-0.2, 0) is 15.0 Å². The molecule has 1 aliphatic carbocycles. The van der Waals surface area contributed by atoms with E-state index in [9.17, 15) is 14.0 Å². The highest BCUT2D eigenvalue weighted by atomic mass is 79.9. The maximum atomic E-state index is 14.7. The zero-order chi connectivity index (χ0) is 23.3. The van der Waals surface area contributed by atoms with Gasteiger partial charge in [-0.15, -0.1) is 0 Å². The number of amides is 2. The van der Waals surface area contributed by atoms with Crippen molar-refractivity contribution < 1.29 is 23.5 Å². The zero-order valence-corrected chi connectivity index (χ0v) is 19.7. The number of nitrogens with zero attached hydrogens (tertiary/aromatic N) is 3. The van der Waals surface area contributed by atoms with Crippen molar-refractivity contribution in [3.63, 3.8) is 0 Å². The van der Waals surface area contributed by atoms with E-state index in [1.807, 2.05) is 0 Å². The lowest BCUT2D eigenvalue weighted by atomic mass is 9.88. The smallest absolute Gasteiger partial charge is 0.425 e. The molecule has 0 saturated heterocycles. The number of imide groups is 1. The van der Waals surface area contributed by atoms with Crippen LogP contribution in [-0.4, -0.2) is 39.6 Å². The average molecular weight is 504 g/mol. The van der Waals surface area contributed by atoms with Gasteiger partial charge in [0.05, 0.1) is 5.54 Å². The van der Waals surface area contributed by atoms with Gasteiger partial charge in [-0.3, -0.25) is 4.79 Å². The predicted molar refractivity (Wildman–Crippen MR) is 119 cm³/mol. The van der Waals surface area contributed by atoms with Crippen LogP contribution in [0.5, 0.6) is 0 Å². The van der Waals surface area contributed by atoms with Crippen molar-refractivity contribution in [3.8, 4) is 0 Å². The number of aliphatic imine (C=N–C) groups is 1. The van der Waals surface area contributed by atoms with Gasteiger partial charge in [0.25, 0.3) is 5.91 Å². The Bertz CT molecular complexity index is 1100. The number of aromatic nitrogens is 1. The Morgan fingerprint density at radius 3 is 2.62 bits per heavy atom. The molecule has 2 aromatic rings. The third-order valence-corrected chi connectivity index (χ3v) is 5.81. The van der Waals surface area contributed by atoms with Crippen molar-refractivity contribution in [3.05, 3.63) is 64.1 Å². The predicted octanol–water partition coefficient (Wildman–Crippen LogP) is 5.05. The topological polar surface area (TPSA) is 81.1 Å². The monoisotopic (exact) mass is 503 g/mol. The summed E-state index contributed by atoms with van der Waals surface area (Å²) in [6.45, 7) is 6.85. The van der Waals surface area contributed by atoms with E-state index in [0.29, 0.717) is 10.9 Å². The number of carbonyl (C=O) groups excluding carboxylic acids is 2. The van der Waals surface area contributed by atoms with Crippen LogP contribution < -0.4 is 0 Å². The van der Waals surface area contributed by atoms with Crippen molar-refractivity contribution in [1.82, 2.24) is 9.88 Å². The van der Waals surface area contributed by atoms with Crippen LogP contribution in [0.25, 0.3) is 0 Å². The largest absolute Gasteiger partial charge is 0.461 e. The molecular weight excluding hydrogens is 481 g/mol. The fourth-order valence-corrected chi connectivity index (χ4v) is 4.07. The number of pyridine rings is 1. The van der Waals surface area contributed by atoms with Gasteiger partial charge in [-0.2, -0.15) is 9.29 Å². The lowest BCUT2D eigenvalue weighted by Crippen LogP contribution is -2.49. The van der Waals surface area contributed by atoms with Crippen molar-refractivity contribution in [2.24, 2.45) is 10.9 Å². The molecule has 1 fully saturated rings. The van der Waals surface area contributed by atoms with Crippen LogP contribution >= 0.6 is 15.9 Å². The molecule has 0 radical (unpaired) electrons. The first kappa shape index (κ1) is 22.4. The van der Waals surface area contributed by atoms with Crippen molar-refractivity contribution in [1.29, 1.82) is 0 Å². The van der Waals surface area contributed by atoms with E-state index < -0.39 is 29.1 Å². The van der Waals surface area contributed by atoms with E-state index in [1.165, 1.54) is 6.20 Å². The minimum Gasteiger partial charge on any atom is -0.461 e. The Hall–Kier alpha value is -2.81. The Balaban J connectivity index is 1.80. The second-order valence-corrected chi connectivity index (χ2v) is 9.93. The molecular formula is C23H23BrFN3O4. The maximum absolute atomic E-state index is 14.7. The van der Waals surface area contributed by atoms with Crippen LogP contribution in [0.3, 0.4) is 0 Å². The number of amidine groups is 1. The molecule has 9 heteroatoms. The van der Waals surface area contributed by atoms with Gasteiger partial charge in [-0.1, -0.05) is 18.2 Å². The number of ether oxygens (including phenoxy) is 2. The first-order valence-electron chi connectivity index (χ1n) is 10.2. The van der Waals surface area contributed by atoms with Crippen molar-refractivity contribution >= 4 is 34.0 Å². The minimum absolute atomic E-state index is 0.107. The number of benzene rings is 1.